The minimum absolute atomic E-state index is 0.0768. The van der Waals surface area contributed by atoms with Crippen LogP contribution in [0.15, 0.2) is 24.3 Å². The van der Waals surface area contributed by atoms with E-state index in [0.717, 1.165) is 12.0 Å². The van der Waals surface area contributed by atoms with Crippen LogP contribution in [0.3, 0.4) is 0 Å². The van der Waals surface area contributed by atoms with Crippen LogP contribution in [0.2, 0.25) is 0 Å². The fraction of sp³-hybridized carbons (Fsp3) is 0.500. The minimum atomic E-state index is -0.286. The van der Waals surface area contributed by atoms with Gasteiger partial charge in [0.25, 0.3) is 0 Å². The molecule has 0 aliphatic heterocycles. The van der Waals surface area contributed by atoms with Crippen LogP contribution in [0.1, 0.15) is 38.8 Å². The van der Waals surface area contributed by atoms with Crippen molar-refractivity contribution in [2.45, 2.75) is 39.3 Å². The third kappa shape index (κ3) is 4.84. The molecule has 4 heteroatoms. The molecule has 2 atom stereocenters. The lowest BCUT2D eigenvalue weighted by Crippen LogP contribution is -2.38. The van der Waals surface area contributed by atoms with Gasteiger partial charge in [-0.2, -0.15) is 0 Å². The molecule has 0 radical (unpaired) electrons. The van der Waals surface area contributed by atoms with Gasteiger partial charge in [0.05, 0.1) is 12.6 Å². The van der Waals surface area contributed by atoms with Crippen molar-refractivity contribution in [1.29, 1.82) is 0 Å². The lowest BCUT2D eigenvalue weighted by Gasteiger charge is -2.16. The van der Waals surface area contributed by atoms with Gasteiger partial charge in [-0.3, -0.25) is 4.79 Å². The number of amides is 1. The molecule has 1 unspecified atom stereocenters. The molecule has 0 aliphatic rings. The lowest BCUT2D eigenvalue weighted by atomic mass is 10.1. The van der Waals surface area contributed by atoms with Crippen LogP contribution in [0.5, 0.6) is 0 Å². The predicted molar refractivity (Wildman–Crippen MR) is 70.7 cm³/mol. The standard InChI is InChI=1S/C14H21FN2O/c1-4-10(2)16-9-14(18)17-11(3)12-6-5-7-13(15)8-12/h5-8,10-11,16H,4,9H2,1-3H3,(H,17,18)/t10?,11-/m0/s1. The summed E-state index contributed by atoms with van der Waals surface area (Å²) >= 11 is 0. The van der Waals surface area contributed by atoms with Crippen LogP contribution < -0.4 is 10.6 Å². The van der Waals surface area contributed by atoms with Crippen LogP contribution in [0.4, 0.5) is 4.39 Å². The third-order valence-electron chi connectivity index (χ3n) is 2.95. The molecule has 100 valence electrons. The van der Waals surface area contributed by atoms with E-state index in [-0.39, 0.29) is 24.3 Å². The van der Waals surface area contributed by atoms with Gasteiger partial charge in [-0.25, -0.2) is 4.39 Å². The van der Waals surface area contributed by atoms with Gasteiger partial charge in [-0.05, 0) is 38.0 Å². The summed E-state index contributed by atoms with van der Waals surface area (Å²) in [6.45, 7) is 6.22. The Morgan fingerprint density at radius 3 is 2.72 bits per heavy atom. The van der Waals surface area contributed by atoms with Crippen LogP contribution in [0.25, 0.3) is 0 Å². The lowest BCUT2D eigenvalue weighted by molar-refractivity contribution is -0.121. The average Bonchev–Trinajstić information content (AvgIpc) is 2.35. The second-order valence-electron chi connectivity index (χ2n) is 4.53. The molecule has 0 fully saturated rings. The highest BCUT2D eigenvalue weighted by Gasteiger charge is 2.10. The Balaban J connectivity index is 2.44. The Morgan fingerprint density at radius 2 is 2.11 bits per heavy atom. The second kappa shape index (κ2) is 7.11. The molecule has 1 aromatic carbocycles. The van der Waals surface area contributed by atoms with Crippen molar-refractivity contribution in [3.05, 3.63) is 35.6 Å². The number of hydrogen-bond donors (Lipinski definition) is 2. The number of rotatable bonds is 6. The van der Waals surface area contributed by atoms with E-state index in [9.17, 15) is 9.18 Å². The largest absolute Gasteiger partial charge is 0.348 e. The Hall–Kier alpha value is -1.42. The first-order valence-electron chi connectivity index (χ1n) is 6.31. The zero-order chi connectivity index (χ0) is 13.5. The quantitative estimate of drug-likeness (QED) is 0.816. The van der Waals surface area contributed by atoms with Gasteiger partial charge in [0.15, 0.2) is 0 Å². The van der Waals surface area contributed by atoms with Crippen molar-refractivity contribution in [3.8, 4) is 0 Å². The van der Waals surface area contributed by atoms with Crippen molar-refractivity contribution < 1.29 is 9.18 Å². The summed E-state index contributed by atoms with van der Waals surface area (Å²) in [7, 11) is 0. The molecule has 1 rings (SSSR count). The zero-order valence-electron chi connectivity index (χ0n) is 11.2. The van der Waals surface area contributed by atoms with Gasteiger partial charge in [0.1, 0.15) is 5.82 Å². The van der Waals surface area contributed by atoms with E-state index in [2.05, 4.69) is 17.6 Å². The van der Waals surface area contributed by atoms with E-state index >= 15 is 0 Å². The number of halogens is 1. The van der Waals surface area contributed by atoms with Crippen molar-refractivity contribution in [2.24, 2.45) is 0 Å². The van der Waals surface area contributed by atoms with Crippen LogP contribution >= 0.6 is 0 Å². The van der Waals surface area contributed by atoms with Gasteiger partial charge >= 0.3 is 0 Å². The molecule has 0 bridgehead atoms. The van der Waals surface area contributed by atoms with Crippen molar-refractivity contribution in [3.63, 3.8) is 0 Å². The summed E-state index contributed by atoms with van der Waals surface area (Å²) in [5, 5.41) is 5.95. The predicted octanol–water partition coefficient (Wildman–Crippen LogP) is 2.39. The molecular formula is C14H21FN2O. The van der Waals surface area contributed by atoms with Crippen LogP contribution in [-0.2, 0) is 4.79 Å². The van der Waals surface area contributed by atoms with E-state index in [1.54, 1.807) is 12.1 Å². The van der Waals surface area contributed by atoms with E-state index in [1.807, 2.05) is 13.8 Å². The number of carbonyl (C=O) groups excluding carboxylic acids is 1. The first kappa shape index (κ1) is 14.6. The highest BCUT2D eigenvalue weighted by atomic mass is 19.1. The molecule has 0 spiro atoms. The molecule has 0 saturated heterocycles. The average molecular weight is 252 g/mol. The fourth-order valence-electron chi connectivity index (χ4n) is 1.56. The van der Waals surface area contributed by atoms with Crippen LogP contribution in [-0.4, -0.2) is 18.5 Å². The maximum Gasteiger partial charge on any atom is 0.234 e. The molecule has 0 saturated carbocycles. The summed E-state index contributed by atoms with van der Waals surface area (Å²) in [5.41, 5.74) is 0.770. The van der Waals surface area contributed by atoms with Crippen molar-refractivity contribution in [1.82, 2.24) is 10.6 Å². The SMILES string of the molecule is CCC(C)NCC(=O)N[C@@H](C)c1cccc(F)c1. The van der Waals surface area contributed by atoms with Gasteiger partial charge in [-0.15, -0.1) is 0 Å². The Bertz CT molecular complexity index is 395. The van der Waals surface area contributed by atoms with E-state index in [1.165, 1.54) is 12.1 Å². The van der Waals surface area contributed by atoms with E-state index in [0.29, 0.717) is 6.04 Å². The first-order valence-corrected chi connectivity index (χ1v) is 6.31. The zero-order valence-corrected chi connectivity index (χ0v) is 11.2. The monoisotopic (exact) mass is 252 g/mol. The number of carbonyl (C=O) groups is 1. The molecule has 18 heavy (non-hydrogen) atoms. The molecule has 3 nitrogen and oxygen atoms in total. The maximum absolute atomic E-state index is 13.0. The summed E-state index contributed by atoms with van der Waals surface area (Å²) < 4.78 is 13.0. The summed E-state index contributed by atoms with van der Waals surface area (Å²) in [6, 6.07) is 6.41. The number of nitrogens with one attached hydrogen (secondary N) is 2. The molecule has 1 aromatic rings. The first-order chi connectivity index (χ1) is 8.52. The summed E-state index contributed by atoms with van der Waals surface area (Å²) in [6.07, 6.45) is 0.979. The van der Waals surface area contributed by atoms with Gasteiger partial charge < -0.3 is 10.6 Å². The Kier molecular flexibility index (Phi) is 5.78. The summed E-state index contributed by atoms with van der Waals surface area (Å²) in [4.78, 5) is 11.7. The number of benzene rings is 1. The number of hydrogen-bond acceptors (Lipinski definition) is 2. The Morgan fingerprint density at radius 1 is 1.39 bits per heavy atom. The fourth-order valence-corrected chi connectivity index (χ4v) is 1.56. The Labute approximate surface area is 108 Å². The molecule has 0 aromatic heterocycles. The van der Waals surface area contributed by atoms with Crippen molar-refractivity contribution >= 4 is 5.91 Å². The van der Waals surface area contributed by atoms with Crippen molar-refractivity contribution in [2.75, 3.05) is 6.54 Å². The van der Waals surface area contributed by atoms with Gasteiger partial charge in [0, 0.05) is 6.04 Å². The maximum atomic E-state index is 13.0. The van der Waals surface area contributed by atoms with Gasteiger partial charge in [0.2, 0.25) is 5.91 Å². The van der Waals surface area contributed by atoms with Gasteiger partial charge in [-0.1, -0.05) is 19.1 Å². The van der Waals surface area contributed by atoms with E-state index < -0.39 is 0 Å². The minimum Gasteiger partial charge on any atom is -0.348 e. The normalized spacial score (nSPS) is 14.0. The topological polar surface area (TPSA) is 41.1 Å². The van der Waals surface area contributed by atoms with E-state index in [4.69, 9.17) is 0 Å². The van der Waals surface area contributed by atoms with Crippen LogP contribution in [0, 0.1) is 5.82 Å². The molecule has 2 N–H and O–H groups in total. The molecule has 0 heterocycles. The molecule has 1 amide bonds. The summed E-state index contributed by atoms with van der Waals surface area (Å²) in [5.74, 6) is -0.363. The third-order valence-corrected chi connectivity index (χ3v) is 2.95. The molecule has 0 aliphatic carbocycles. The highest BCUT2D eigenvalue weighted by Crippen LogP contribution is 2.12. The highest BCUT2D eigenvalue weighted by molar-refractivity contribution is 5.78. The second-order valence-corrected chi connectivity index (χ2v) is 4.53. The molecular weight excluding hydrogens is 231 g/mol. The smallest absolute Gasteiger partial charge is 0.234 e.